The summed E-state index contributed by atoms with van der Waals surface area (Å²) in [6.07, 6.45) is 0. The van der Waals surface area contributed by atoms with Gasteiger partial charge in [0.25, 0.3) is 11.8 Å². The number of methoxy groups -OCH3 is 1. The molecule has 0 aliphatic carbocycles. The molecule has 0 radical (unpaired) electrons. The van der Waals surface area contributed by atoms with E-state index in [0.717, 1.165) is 0 Å². The Morgan fingerprint density at radius 1 is 1.07 bits per heavy atom. The molecule has 0 saturated heterocycles. The molecule has 0 fully saturated rings. The van der Waals surface area contributed by atoms with Crippen LogP contribution in [0.4, 0.5) is 5.69 Å². The Morgan fingerprint density at radius 3 is 2.50 bits per heavy atom. The minimum atomic E-state index is -0.395. The van der Waals surface area contributed by atoms with Gasteiger partial charge in [0.2, 0.25) is 0 Å². The van der Waals surface area contributed by atoms with Crippen LogP contribution in [0.2, 0.25) is 5.02 Å². The van der Waals surface area contributed by atoms with Gasteiger partial charge in [0.05, 0.1) is 25.3 Å². The van der Waals surface area contributed by atoms with E-state index in [2.05, 4.69) is 5.32 Å². The van der Waals surface area contributed by atoms with Gasteiger partial charge in [-0.1, -0.05) is 29.8 Å². The molecular weight excluding hydrogens is 380 g/mol. The molecule has 1 N–H and O–H groups in total. The Morgan fingerprint density at radius 2 is 1.82 bits per heavy atom. The van der Waals surface area contributed by atoms with Crippen LogP contribution in [0.1, 0.15) is 12.5 Å². The SMILES string of the molecule is CCOc1cccc(NC2=C(c3ccc(Cl)cc3)C(=O)N(CCOC)C2=O)c1. The largest absolute Gasteiger partial charge is 0.494 e. The zero-order valence-electron chi connectivity index (χ0n) is 15.7. The topological polar surface area (TPSA) is 67.9 Å². The summed E-state index contributed by atoms with van der Waals surface area (Å²) in [5.74, 6) is -0.0872. The molecule has 0 atom stereocenters. The fraction of sp³-hybridized carbons (Fsp3) is 0.238. The molecule has 6 nitrogen and oxygen atoms in total. The summed E-state index contributed by atoms with van der Waals surface area (Å²) in [5.41, 5.74) is 1.80. The van der Waals surface area contributed by atoms with Crippen LogP contribution in [0.15, 0.2) is 54.2 Å². The van der Waals surface area contributed by atoms with Crippen molar-refractivity contribution in [1.82, 2.24) is 4.90 Å². The van der Waals surface area contributed by atoms with E-state index in [0.29, 0.717) is 34.2 Å². The van der Waals surface area contributed by atoms with Gasteiger partial charge in [-0.15, -0.1) is 0 Å². The quantitative estimate of drug-likeness (QED) is 0.686. The second kappa shape index (κ2) is 8.91. The van der Waals surface area contributed by atoms with Gasteiger partial charge in [-0.2, -0.15) is 0 Å². The molecule has 7 heteroatoms. The summed E-state index contributed by atoms with van der Waals surface area (Å²) < 4.78 is 10.5. The fourth-order valence-corrected chi connectivity index (χ4v) is 3.06. The molecule has 0 bridgehead atoms. The van der Waals surface area contributed by atoms with Crippen molar-refractivity contribution in [3.8, 4) is 5.75 Å². The van der Waals surface area contributed by atoms with Crippen LogP contribution in [-0.4, -0.2) is 43.6 Å². The van der Waals surface area contributed by atoms with Crippen LogP contribution in [0.25, 0.3) is 5.57 Å². The summed E-state index contributed by atoms with van der Waals surface area (Å²) in [6, 6.07) is 14.1. The Balaban J connectivity index is 2.00. The first kappa shape index (κ1) is 19.9. The molecule has 0 aromatic heterocycles. The van der Waals surface area contributed by atoms with Crippen molar-refractivity contribution in [1.29, 1.82) is 0 Å². The van der Waals surface area contributed by atoms with E-state index in [4.69, 9.17) is 21.1 Å². The van der Waals surface area contributed by atoms with Crippen molar-refractivity contribution in [2.24, 2.45) is 0 Å². The number of hydrogen-bond donors (Lipinski definition) is 1. The second-order valence-electron chi connectivity index (χ2n) is 6.10. The summed E-state index contributed by atoms with van der Waals surface area (Å²) in [4.78, 5) is 27.1. The van der Waals surface area contributed by atoms with Crippen LogP contribution in [-0.2, 0) is 14.3 Å². The molecule has 28 heavy (non-hydrogen) atoms. The van der Waals surface area contributed by atoms with Gasteiger partial charge in [-0.3, -0.25) is 14.5 Å². The lowest BCUT2D eigenvalue weighted by molar-refractivity contribution is -0.137. The highest BCUT2D eigenvalue weighted by molar-refractivity contribution is 6.36. The number of imide groups is 1. The van der Waals surface area contributed by atoms with Gasteiger partial charge < -0.3 is 14.8 Å². The highest BCUT2D eigenvalue weighted by atomic mass is 35.5. The molecule has 1 aliphatic rings. The number of ether oxygens (including phenoxy) is 2. The van der Waals surface area contributed by atoms with Crippen LogP contribution in [0.3, 0.4) is 0 Å². The summed E-state index contributed by atoms with van der Waals surface area (Å²) in [7, 11) is 1.52. The van der Waals surface area contributed by atoms with Crippen LogP contribution in [0.5, 0.6) is 5.75 Å². The standard InChI is InChI=1S/C21H21ClN2O4/c1-3-28-17-6-4-5-16(13-17)23-19-18(14-7-9-15(22)10-8-14)20(25)24(21(19)26)11-12-27-2/h4-10,13,23H,3,11-12H2,1-2H3. The Hall–Kier alpha value is -2.83. The monoisotopic (exact) mass is 400 g/mol. The second-order valence-corrected chi connectivity index (χ2v) is 6.53. The molecule has 0 unspecified atom stereocenters. The van der Waals surface area contributed by atoms with E-state index in [-0.39, 0.29) is 24.8 Å². The lowest BCUT2D eigenvalue weighted by atomic mass is 10.0. The van der Waals surface area contributed by atoms with E-state index in [1.165, 1.54) is 12.0 Å². The average molecular weight is 401 g/mol. The van der Waals surface area contributed by atoms with E-state index in [1.807, 2.05) is 25.1 Å². The maximum atomic E-state index is 13.0. The lowest BCUT2D eigenvalue weighted by Gasteiger charge is -2.14. The molecule has 146 valence electrons. The van der Waals surface area contributed by atoms with Crippen molar-refractivity contribution in [3.05, 3.63) is 64.8 Å². The van der Waals surface area contributed by atoms with E-state index >= 15 is 0 Å². The lowest BCUT2D eigenvalue weighted by Crippen LogP contribution is -2.35. The molecule has 0 saturated carbocycles. The Bertz CT molecular complexity index is 909. The smallest absolute Gasteiger partial charge is 0.278 e. The predicted octanol–water partition coefficient (Wildman–Crippen LogP) is 3.58. The summed E-state index contributed by atoms with van der Waals surface area (Å²) >= 11 is 5.97. The average Bonchev–Trinajstić information content (AvgIpc) is 2.91. The first-order chi connectivity index (χ1) is 13.5. The minimum absolute atomic E-state index is 0.176. The highest BCUT2D eigenvalue weighted by Crippen LogP contribution is 2.31. The van der Waals surface area contributed by atoms with Crippen LogP contribution < -0.4 is 10.1 Å². The van der Waals surface area contributed by atoms with Crippen molar-refractivity contribution in [2.45, 2.75) is 6.92 Å². The number of carbonyl (C=O) groups is 2. The zero-order chi connectivity index (χ0) is 20.1. The summed E-state index contributed by atoms with van der Waals surface area (Å²) in [6.45, 7) is 2.87. The Kier molecular flexibility index (Phi) is 6.34. The number of rotatable bonds is 8. The first-order valence-corrected chi connectivity index (χ1v) is 9.28. The first-order valence-electron chi connectivity index (χ1n) is 8.90. The van der Waals surface area contributed by atoms with E-state index in [1.54, 1.807) is 30.3 Å². The molecule has 2 aromatic carbocycles. The van der Waals surface area contributed by atoms with E-state index in [9.17, 15) is 9.59 Å². The van der Waals surface area contributed by atoms with Crippen molar-refractivity contribution in [2.75, 3.05) is 32.2 Å². The maximum absolute atomic E-state index is 13.0. The molecule has 1 heterocycles. The molecule has 1 aliphatic heterocycles. The number of benzene rings is 2. The third-order valence-corrected chi connectivity index (χ3v) is 4.49. The third-order valence-electron chi connectivity index (χ3n) is 4.23. The van der Waals surface area contributed by atoms with Crippen molar-refractivity contribution >= 4 is 34.7 Å². The van der Waals surface area contributed by atoms with Gasteiger partial charge >= 0.3 is 0 Å². The Labute approximate surface area is 168 Å². The fourth-order valence-electron chi connectivity index (χ4n) is 2.94. The van der Waals surface area contributed by atoms with Crippen LogP contribution in [0, 0.1) is 0 Å². The molecule has 3 rings (SSSR count). The number of nitrogens with one attached hydrogen (secondary N) is 1. The van der Waals surface area contributed by atoms with Crippen LogP contribution >= 0.6 is 11.6 Å². The molecule has 2 aromatic rings. The van der Waals surface area contributed by atoms with Crippen molar-refractivity contribution < 1.29 is 19.1 Å². The number of nitrogens with zero attached hydrogens (tertiary/aromatic N) is 1. The molecular formula is C21H21ClN2O4. The van der Waals surface area contributed by atoms with Gasteiger partial charge in [-0.25, -0.2) is 0 Å². The highest BCUT2D eigenvalue weighted by Gasteiger charge is 2.38. The van der Waals surface area contributed by atoms with Crippen molar-refractivity contribution in [3.63, 3.8) is 0 Å². The van der Waals surface area contributed by atoms with Gasteiger partial charge in [0, 0.05) is 23.9 Å². The summed E-state index contributed by atoms with van der Waals surface area (Å²) in [5, 5.41) is 3.66. The number of anilines is 1. The minimum Gasteiger partial charge on any atom is -0.494 e. The number of hydrogen-bond acceptors (Lipinski definition) is 5. The maximum Gasteiger partial charge on any atom is 0.278 e. The number of amides is 2. The van der Waals surface area contributed by atoms with Gasteiger partial charge in [0.1, 0.15) is 11.4 Å². The number of halogens is 1. The van der Waals surface area contributed by atoms with Gasteiger partial charge in [0.15, 0.2) is 0 Å². The third kappa shape index (κ3) is 4.18. The molecule has 2 amide bonds. The number of carbonyl (C=O) groups excluding carboxylic acids is 2. The zero-order valence-corrected chi connectivity index (χ0v) is 16.5. The van der Waals surface area contributed by atoms with Gasteiger partial charge in [-0.05, 0) is 36.8 Å². The predicted molar refractivity (Wildman–Crippen MR) is 108 cm³/mol. The normalized spacial score (nSPS) is 14.0. The molecule has 0 spiro atoms. The van der Waals surface area contributed by atoms with E-state index < -0.39 is 5.91 Å².